The van der Waals surface area contributed by atoms with Gasteiger partial charge >= 0.3 is 0 Å². The van der Waals surface area contributed by atoms with Gasteiger partial charge < -0.3 is 10.2 Å². The summed E-state index contributed by atoms with van der Waals surface area (Å²) in [5.74, 6) is 0.657. The Hall–Kier alpha value is -2.14. The van der Waals surface area contributed by atoms with Crippen LogP contribution >= 0.6 is 0 Å². The van der Waals surface area contributed by atoms with Crippen LogP contribution in [0.25, 0.3) is 0 Å². The lowest BCUT2D eigenvalue weighted by Crippen LogP contribution is -2.24. The van der Waals surface area contributed by atoms with Gasteiger partial charge in [0.05, 0.1) is 5.69 Å². The van der Waals surface area contributed by atoms with Crippen molar-refractivity contribution in [3.63, 3.8) is 0 Å². The van der Waals surface area contributed by atoms with E-state index in [0.29, 0.717) is 12.3 Å². The Morgan fingerprint density at radius 1 is 1.29 bits per heavy atom. The standard InChI is InChI=1S/C19H26N4O/c1-14(2)19-16(13-22(3)21-19)12-20-11-15-6-4-7-17(10-15)23-9-5-8-18(23)24/h4,6-7,10,13-14,20H,5,8-9,11-12H2,1-3H3. The number of benzene rings is 1. The largest absolute Gasteiger partial charge is 0.312 e. The average molecular weight is 326 g/mol. The summed E-state index contributed by atoms with van der Waals surface area (Å²) in [6, 6.07) is 8.26. The van der Waals surface area contributed by atoms with E-state index >= 15 is 0 Å². The molecule has 0 radical (unpaired) electrons. The van der Waals surface area contributed by atoms with Gasteiger partial charge in [-0.25, -0.2) is 0 Å². The number of nitrogens with one attached hydrogen (secondary N) is 1. The zero-order chi connectivity index (χ0) is 17.1. The van der Waals surface area contributed by atoms with Crippen molar-refractivity contribution in [3.05, 3.63) is 47.3 Å². The fourth-order valence-electron chi connectivity index (χ4n) is 3.27. The minimum absolute atomic E-state index is 0.233. The van der Waals surface area contributed by atoms with Gasteiger partial charge in [-0.3, -0.25) is 9.48 Å². The Morgan fingerprint density at radius 3 is 2.83 bits per heavy atom. The van der Waals surface area contributed by atoms with Crippen molar-refractivity contribution in [1.82, 2.24) is 15.1 Å². The number of rotatable bonds is 6. The van der Waals surface area contributed by atoms with Gasteiger partial charge in [0.15, 0.2) is 0 Å². The molecular weight excluding hydrogens is 300 g/mol. The van der Waals surface area contributed by atoms with Crippen molar-refractivity contribution in [3.8, 4) is 0 Å². The number of amides is 1. The number of carbonyl (C=O) groups is 1. The molecule has 1 aliphatic rings. The van der Waals surface area contributed by atoms with Crippen molar-refractivity contribution >= 4 is 11.6 Å². The Labute approximate surface area is 143 Å². The number of aromatic nitrogens is 2. The minimum Gasteiger partial charge on any atom is -0.312 e. The summed E-state index contributed by atoms with van der Waals surface area (Å²) >= 11 is 0. The highest BCUT2D eigenvalue weighted by molar-refractivity contribution is 5.95. The molecule has 3 rings (SSSR count). The number of nitrogens with zero attached hydrogens (tertiary/aromatic N) is 3. The molecule has 0 unspecified atom stereocenters. The first-order chi connectivity index (χ1) is 11.5. The third kappa shape index (κ3) is 3.67. The lowest BCUT2D eigenvalue weighted by atomic mass is 10.1. The average Bonchev–Trinajstić information content (AvgIpc) is 3.13. The van der Waals surface area contributed by atoms with E-state index in [1.165, 1.54) is 11.1 Å². The Balaban J connectivity index is 1.62. The highest BCUT2D eigenvalue weighted by Gasteiger charge is 2.21. The fourth-order valence-corrected chi connectivity index (χ4v) is 3.27. The quantitative estimate of drug-likeness (QED) is 0.888. The molecule has 1 aromatic heterocycles. The van der Waals surface area contributed by atoms with Gasteiger partial charge in [0, 0.05) is 50.6 Å². The van der Waals surface area contributed by atoms with Gasteiger partial charge in [0.1, 0.15) is 0 Å². The molecule has 0 bridgehead atoms. The molecule has 1 fully saturated rings. The van der Waals surface area contributed by atoms with Crippen LogP contribution in [0.1, 0.15) is 49.4 Å². The lowest BCUT2D eigenvalue weighted by Gasteiger charge is -2.16. The van der Waals surface area contributed by atoms with Crippen LogP contribution in [0.3, 0.4) is 0 Å². The van der Waals surface area contributed by atoms with Gasteiger partial charge in [0.2, 0.25) is 5.91 Å². The molecule has 1 amide bonds. The van der Waals surface area contributed by atoms with E-state index in [4.69, 9.17) is 0 Å². The Morgan fingerprint density at radius 2 is 2.12 bits per heavy atom. The van der Waals surface area contributed by atoms with Crippen molar-refractivity contribution in [2.24, 2.45) is 7.05 Å². The summed E-state index contributed by atoms with van der Waals surface area (Å²) in [4.78, 5) is 13.8. The third-order valence-electron chi connectivity index (χ3n) is 4.42. The predicted octanol–water partition coefficient (Wildman–Crippen LogP) is 2.96. The highest BCUT2D eigenvalue weighted by Crippen LogP contribution is 2.22. The molecular formula is C19H26N4O. The van der Waals surface area contributed by atoms with Gasteiger partial charge in [-0.1, -0.05) is 26.0 Å². The van der Waals surface area contributed by atoms with Crippen molar-refractivity contribution in [1.29, 1.82) is 0 Å². The molecule has 0 aliphatic carbocycles. The number of aryl methyl sites for hydroxylation is 1. The first kappa shape index (κ1) is 16.7. The van der Waals surface area contributed by atoms with Crippen LogP contribution in [-0.2, 0) is 24.9 Å². The highest BCUT2D eigenvalue weighted by atomic mass is 16.2. The normalized spacial score (nSPS) is 14.8. The van der Waals surface area contributed by atoms with E-state index in [0.717, 1.165) is 37.4 Å². The van der Waals surface area contributed by atoms with Gasteiger partial charge in [-0.2, -0.15) is 5.10 Å². The second-order valence-electron chi connectivity index (χ2n) is 6.79. The molecule has 5 nitrogen and oxygen atoms in total. The molecule has 0 atom stereocenters. The predicted molar refractivity (Wildman–Crippen MR) is 95.9 cm³/mol. The zero-order valence-corrected chi connectivity index (χ0v) is 14.7. The Kier molecular flexibility index (Phi) is 5.00. The van der Waals surface area contributed by atoms with E-state index in [9.17, 15) is 4.79 Å². The number of hydrogen-bond acceptors (Lipinski definition) is 3. The number of carbonyl (C=O) groups excluding carboxylic acids is 1. The second kappa shape index (κ2) is 7.18. The molecule has 0 saturated carbocycles. The van der Waals surface area contributed by atoms with Crippen LogP contribution in [0.15, 0.2) is 30.5 Å². The molecule has 1 aromatic carbocycles. The number of anilines is 1. The van der Waals surface area contributed by atoms with Crippen LogP contribution in [0, 0.1) is 0 Å². The molecule has 0 spiro atoms. The van der Waals surface area contributed by atoms with Gasteiger partial charge in [-0.15, -0.1) is 0 Å². The van der Waals surface area contributed by atoms with E-state index in [2.05, 4.69) is 42.6 Å². The summed E-state index contributed by atoms with van der Waals surface area (Å²) in [5.41, 5.74) is 4.61. The van der Waals surface area contributed by atoms with E-state index < -0.39 is 0 Å². The second-order valence-corrected chi connectivity index (χ2v) is 6.79. The summed E-state index contributed by atoms with van der Waals surface area (Å²) in [6.45, 7) is 6.75. The maximum absolute atomic E-state index is 11.9. The molecule has 1 saturated heterocycles. The maximum atomic E-state index is 11.9. The summed E-state index contributed by atoms with van der Waals surface area (Å²) in [7, 11) is 1.96. The monoisotopic (exact) mass is 326 g/mol. The molecule has 1 aliphatic heterocycles. The SMILES string of the molecule is CC(C)c1nn(C)cc1CNCc1cccc(N2CCCC2=O)c1. The zero-order valence-electron chi connectivity index (χ0n) is 14.7. The van der Waals surface area contributed by atoms with Crippen molar-refractivity contribution < 1.29 is 4.79 Å². The van der Waals surface area contributed by atoms with Gasteiger partial charge in [0.25, 0.3) is 0 Å². The van der Waals surface area contributed by atoms with Crippen LogP contribution < -0.4 is 10.2 Å². The maximum Gasteiger partial charge on any atom is 0.227 e. The smallest absolute Gasteiger partial charge is 0.227 e. The third-order valence-corrected chi connectivity index (χ3v) is 4.42. The fraction of sp³-hybridized carbons (Fsp3) is 0.474. The van der Waals surface area contributed by atoms with Crippen LogP contribution in [0.5, 0.6) is 0 Å². The lowest BCUT2D eigenvalue weighted by molar-refractivity contribution is -0.117. The molecule has 2 aromatic rings. The van der Waals surface area contributed by atoms with Crippen LogP contribution in [0.2, 0.25) is 0 Å². The molecule has 128 valence electrons. The molecule has 24 heavy (non-hydrogen) atoms. The van der Waals surface area contributed by atoms with Crippen LogP contribution in [-0.4, -0.2) is 22.2 Å². The van der Waals surface area contributed by atoms with Crippen molar-refractivity contribution in [2.75, 3.05) is 11.4 Å². The number of hydrogen-bond donors (Lipinski definition) is 1. The van der Waals surface area contributed by atoms with E-state index in [1.54, 1.807) is 0 Å². The molecule has 2 heterocycles. The van der Waals surface area contributed by atoms with Crippen LogP contribution in [0.4, 0.5) is 5.69 Å². The first-order valence-electron chi connectivity index (χ1n) is 8.67. The topological polar surface area (TPSA) is 50.2 Å². The summed E-state index contributed by atoms with van der Waals surface area (Å²) in [6.07, 6.45) is 3.71. The van der Waals surface area contributed by atoms with E-state index in [-0.39, 0.29) is 5.91 Å². The minimum atomic E-state index is 0.233. The summed E-state index contributed by atoms with van der Waals surface area (Å²) < 4.78 is 1.88. The van der Waals surface area contributed by atoms with E-state index in [1.807, 2.05) is 28.8 Å². The van der Waals surface area contributed by atoms with Crippen molar-refractivity contribution in [2.45, 2.75) is 45.7 Å². The summed E-state index contributed by atoms with van der Waals surface area (Å²) in [5, 5.41) is 8.04. The van der Waals surface area contributed by atoms with Gasteiger partial charge in [-0.05, 0) is 30.0 Å². The molecule has 1 N–H and O–H groups in total. The Bertz CT molecular complexity index is 720. The first-order valence-corrected chi connectivity index (χ1v) is 8.67. The molecule has 5 heteroatoms.